The Balaban J connectivity index is 1.59. The topological polar surface area (TPSA) is 88.2 Å². The highest BCUT2D eigenvalue weighted by Crippen LogP contribution is 2.45. The maximum absolute atomic E-state index is 13.9. The number of carbonyl (C=O) groups excluding carboxylic acids is 3. The number of ether oxygens (including phenoxy) is 2. The second kappa shape index (κ2) is 31.2. The SMILES string of the molecule is CCCCCCCCC(CCCCCC)C(=O)OCC(COC(=O)C(CCCCCC)CCCCCCCC)N1CCC2(CCN(CCCNC(=O)C3(C)CC3)CC2)CC1. The number of esters is 2. The van der Waals surface area contributed by atoms with Crippen molar-refractivity contribution >= 4 is 17.8 Å². The largest absolute Gasteiger partial charge is 0.464 e. The number of amides is 1. The molecule has 2 saturated heterocycles. The van der Waals surface area contributed by atoms with Crippen molar-refractivity contribution in [1.29, 1.82) is 0 Å². The summed E-state index contributed by atoms with van der Waals surface area (Å²) in [5.74, 6) is 0.105. The Kier molecular flexibility index (Phi) is 27.4. The van der Waals surface area contributed by atoms with Crippen molar-refractivity contribution in [2.75, 3.05) is 52.5 Å². The number of rotatable bonds is 36. The van der Waals surface area contributed by atoms with Gasteiger partial charge in [0.25, 0.3) is 0 Å². The van der Waals surface area contributed by atoms with Gasteiger partial charge in [-0.15, -0.1) is 0 Å². The van der Waals surface area contributed by atoms with E-state index in [2.05, 4.69) is 49.7 Å². The van der Waals surface area contributed by atoms with Crippen molar-refractivity contribution in [1.82, 2.24) is 15.1 Å². The molecule has 3 rings (SSSR count). The Morgan fingerprint density at radius 2 is 0.900 bits per heavy atom. The summed E-state index contributed by atoms with van der Waals surface area (Å²) in [4.78, 5) is 45.2. The minimum Gasteiger partial charge on any atom is -0.464 e. The molecule has 3 fully saturated rings. The van der Waals surface area contributed by atoms with Crippen molar-refractivity contribution in [3.63, 3.8) is 0 Å². The number of hydrogen-bond donors (Lipinski definition) is 1. The molecule has 0 aromatic carbocycles. The molecular weight excluding hydrogens is 747 g/mol. The van der Waals surface area contributed by atoms with Crippen LogP contribution >= 0.6 is 0 Å². The molecule has 1 aliphatic carbocycles. The number of nitrogens with zero attached hydrogens (tertiary/aromatic N) is 2. The van der Waals surface area contributed by atoms with Gasteiger partial charge < -0.3 is 19.7 Å². The molecule has 60 heavy (non-hydrogen) atoms. The predicted molar refractivity (Wildman–Crippen MR) is 250 cm³/mol. The summed E-state index contributed by atoms with van der Waals surface area (Å²) in [5, 5.41) is 3.17. The van der Waals surface area contributed by atoms with E-state index in [0.717, 1.165) is 123 Å². The molecule has 1 N–H and O–H groups in total. The average Bonchev–Trinajstić information content (AvgIpc) is 4.02. The molecule has 2 unspecified atom stereocenters. The van der Waals surface area contributed by atoms with Gasteiger partial charge in [-0.05, 0) is 109 Å². The van der Waals surface area contributed by atoms with Crippen LogP contribution in [0.4, 0.5) is 0 Å². The van der Waals surface area contributed by atoms with E-state index in [1.165, 1.54) is 116 Å². The second-order valence-electron chi connectivity index (χ2n) is 20.2. The van der Waals surface area contributed by atoms with Gasteiger partial charge in [0.2, 0.25) is 5.91 Å². The molecule has 1 amide bonds. The fourth-order valence-corrected chi connectivity index (χ4v) is 9.84. The lowest BCUT2D eigenvalue weighted by Crippen LogP contribution is -2.52. The average molecular weight is 844 g/mol. The zero-order valence-electron chi connectivity index (χ0n) is 40.2. The van der Waals surface area contributed by atoms with Crippen molar-refractivity contribution in [2.24, 2.45) is 22.7 Å². The zero-order valence-corrected chi connectivity index (χ0v) is 40.2. The van der Waals surface area contributed by atoms with Gasteiger partial charge in [0.1, 0.15) is 13.2 Å². The number of carbonyl (C=O) groups is 3. The summed E-state index contributed by atoms with van der Waals surface area (Å²) < 4.78 is 12.6. The first-order valence-corrected chi connectivity index (χ1v) is 26.3. The van der Waals surface area contributed by atoms with E-state index in [1.54, 1.807) is 0 Å². The van der Waals surface area contributed by atoms with Crippen molar-refractivity contribution < 1.29 is 23.9 Å². The normalized spacial score (nSPS) is 19.1. The summed E-state index contributed by atoms with van der Waals surface area (Å²) in [5.41, 5.74) is 0.267. The van der Waals surface area contributed by atoms with Gasteiger partial charge in [-0.25, -0.2) is 0 Å². The van der Waals surface area contributed by atoms with Crippen LogP contribution in [0.25, 0.3) is 0 Å². The van der Waals surface area contributed by atoms with Crippen LogP contribution in [-0.4, -0.2) is 86.2 Å². The molecule has 8 nitrogen and oxygen atoms in total. The Hall–Kier alpha value is -1.67. The summed E-state index contributed by atoms with van der Waals surface area (Å²) >= 11 is 0. The van der Waals surface area contributed by atoms with Gasteiger partial charge in [-0.1, -0.05) is 163 Å². The van der Waals surface area contributed by atoms with Gasteiger partial charge in [-0.3, -0.25) is 19.3 Å². The highest BCUT2D eigenvalue weighted by atomic mass is 16.5. The third-order valence-electron chi connectivity index (χ3n) is 14.9. The van der Waals surface area contributed by atoms with E-state index in [1.807, 2.05) is 0 Å². The summed E-state index contributed by atoms with van der Waals surface area (Å²) in [6.45, 7) is 17.7. The van der Waals surface area contributed by atoms with E-state index in [-0.39, 0.29) is 41.1 Å². The molecule has 1 spiro atoms. The van der Waals surface area contributed by atoms with Gasteiger partial charge in [0.05, 0.1) is 17.9 Å². The number of nitrogens with one attached hydrogen (secondary N) is 1. The maximum Gasteiger partial charge on any atom is 0.308 e. The minimum absolute atomic E-state index is 0.0320. The molecular formula is C52H97N3O5. The first-order chi connectivity index (χ1) is 29.2. The van der Waals surface area contributed by atoms with Crippen LogP contribution in [0.5, 0.6) is 0 Å². The highest BCUT2D eigenvalue weighted by Gasteiger charge is 2.44. The standard InChI is InChI=1S/C52H97N3O5/c1-6-10-14-18-20-24-29-45(27-22-16-12-8-3)48(56)59-43-47(44-60-49(57)46(28-23-17-13-9-4)30-25-21-19-15-11-7-2)55-41-35-52(36-42-55)33-39-54(40-34-52)38-26-37-53-50(58)51(5)31-32-51/h45-47H,6-44H2,1-5H3,(H,53,58). The van der Waals surface area contributed by atoms with Crippen LogP contribution in [0.15, 0.2) is 0 Å². The lowest BCUT2D eigenvalue weighted by Gasteiger charge is -2.48. The van der Waals surface area contributed by atoms with Crippen LogP contribution in [0.2, 0.25) is 0 Å². The van der Waals surface area contributed by atoms with E-state index in [9.17, 15) is 14.4 Å². The number of unbranched alkanes of at least 4 members (excludes halogenated alkanes) is 16. The summed E-state index contributed by atoms with van der Waals surface area (Å²) in [6, 6.07) is -0.104. The molecule has 0 aromatic rings. The van der Waals surface area contributed by atoms with Gasteiger partial charge in [-0.2, -0.15) is 0 Å². The molecule has 2 heterocycles. The van der Waals surface area contributed by atoms with Crippen molar-refractivity contribution in [3.8, 4) is 0 Å². The monoisotopic (exact) mass is 844 g/mol. The zero-order chi connectivity index (χ0) is 43.3. The van der Waals surface area contributed by atoms with E-state index < -0.39 is 0 Å². The highest BCUT2D eigenvalue weighted by molar-refractivity contribution is 5.84. The smallest absolute Gasteiger partial charge is 0.308 e. The van der Waals surface area contributed by atoms with Crippen molar-refractivity contribution in [3.05, 3.63) is 0 Å². The predicted octanol–water partition coefficient (Wildman–Crippen LogP) is 12.6. The minimum atomic E-state index is -0.104. The lowest BCUT2D eigenvalue weighted by molar-refractivity contribution is -0.156. The first-order valence-electron chi connectivity index (χ1n) is 26.3. The van der Waals surface area contributed by atoms with Crippen LogP contribution < -0.4 is 5.32 Å². The third-order valence-corrected chi connectivity index (χ3v) is 14.9. The molecule has 3 aliphatic rings. The Bertz CT molecular complexity index is 1080. The van der Waals surface area contributed by atoms with Crippen molar-refractivity contribution in [2.45, 2.75) is 240 Å². The van der Waals surface area contributed by atoms with Gasteiger partial charge in [0.15, 0.2) is 0 Å². The molecule has 0 bridgehead atoms. The quantitative estimate of drug-likeness (QED) is 0.0496. The van der Waals surface area contributed by atoms with Gasteiger partial charge >= 0.3 is 11.9 Å². The maximum atomic E-state index is 13.9. The van der Waals surface area contributed by atoms with E-state index in [0.29, 0.717) is 18.6 Å². The molecule has 1 saturated carbocycles. The molecule has 2 atom stereocenters. The fourth-order valence-electron chi connectivity index (χ4n) is 9.84. The summed E-state index contributed by atoms with van der Waals surface area (Å²) in [6.07, 6.45) is 35.6. The number of piperidine rings is 2. The first kappa shape index (κ1) is 52.7. The lowest BCUT2D eigenvalue weighted by atomic mass is 9.71. The summed E-state index contributed by atoms with van der Waals surface area (Å²) in [7, 11) is 0. The van der Waals surface area contributed by atoms with Crippen LogP contribution in [0.3, 0.4) is 0 Å². The van der Waals surface area contributed by atoms with E-state index >= 15 is 0 Å². The molecule has 0 aromatic heterocycles. The van der Waals surface area contributed by atoms with Gasteiger partial charge in [0, 0.05) is 12.0 Å². The van der Waals surface area contributed by atoms with E-state index in [4.69, 9.17) is 9.47 Å². The molecule has 2 aliphatic heterocycles. The molecule has 0 radical (unpaired) electrons. The molecule has 350 valence electrons. The van der Waals surface area contributed by atoms with Crippen LogP contribution in [0, 0.1) is 22.7 Å². The Morgan fingerprint density at radius 1 is 0.517 bits per heavy atom. The number of hydrogen-bond acceptors (Lipinski definition) is 7. The third kappa shape index (κ3) is 21.1. The van der Waals surface area contributed by atoms with Crippen LogP contribution in [-0.2, 0) is 23.9 Å². The number of likely N-dealkylation sites (tertiary alicyclic amines) is 2. The fraction of sp³-hybridized carbons (Fsp3) is 0.942. The Morgan fingerprint density at radius 3 is 1.32 bits per heavy atom. The Labute approximate surface area is 370 Å². The molecule has 8 heteroatoms. The second-order valence-corrected chi connectivity index (χ2v) is 20.2. The van der Waals surface area contributed by atoms with Crippen LogP contribution in [0.1, 0.15) is 234 Å².